The Morgan fingerprint density at radius 2 is 2.28 bits per heavy atom. The number of rotatable bonds is 4. The molecule has 2 unspecified atom stereocenters. The van der Waals surface area contributed by atoms with E-state index in [0.717, 1.165) is 44.0 Å². The lowest BCUT2D eigenvalue weighted by Gasteiger charge is -2.46. The molecule has 0 radical (unpaired) electrons. The Morgan fingerprint density at radius 1 is 1.39 bits per heavy atom. The molecule has 0 saturated heterocycles. The second-order valence-electron chi connectivity index (χ2n) is 5.88. The summed E-state index contributed by atoms with van der Waals surface area (Å²) in [7, 11) is 0. The van der Waals surface area contributed by atoms with Gasteiger partial charge in [-0.05, 0) is 25.3 Å². The molecule has 18 heavy (non-hydrogen) atoms. The van der Waals surface area contributed by atoms with E-state index in [1.807, 2.05) is 6.33 Å². The topological polar surface area (TPSA) is 46.0 Å². The van der Waals surface area contributed by atoms with Crippen LogP contribution in [0.2, 0.25) is 0 Å². The van der Waals surface area contributed by atoms with Gasteiger partial charge in [-0.15, -0.1) is 10.2 Å². The molecule has 1 fully saturated rings. The van der Waals surface area contributed by atoms with Crippen molar-refractivity contribution < 1.29 is 0 Å². The van der Waals surface area contributed by atoms with Crippen molar-refractivity contribution in [2.75, 3.05) is 13.1 Å². The van der Waals surface area contributed by atoms with Crippen LogP contribution in [0.1, 0.15) is 32.5 Å². The predicted molar refractivity (Wildman–Crippen MR) is 70.1 cm³/mol. The van der Waals surface area contributed by atoms with Crippen LogP contribution in [0.5, 0.6) is 0 Å². The van der Waals surface area contributed by atoms with Gasteiger partial charge in [0.1, 0.15) is 12.2 Å². The second kappa shape index (κ2) is 4.97. The first-order valence-corrected chi connectivity index (χ1v) is 7.08. The van der Waals surface area contributed by atoms with E-state index in [1.54, 1.807) is 0 Å². The van der Waals surface area contributed by atoms with Gasteiger partial charge in [0.05, 0.1) is 6.54 Å². The van der Waals surface area contributed by atoms with Gasteiger partial charge in [0, 0.05) is 25.2 Å². The van der Waals surface area contributed by atoms with E-state index in [-0.39, 0.29) is 0 Å². The number of hydrogen-bond donors (Lipinski definition) is 1. The molecule has 2 aliphatic rings. The summed E-state index contributed by atoms with van der Waals surface area (Å²) in [6, 6.07) is 1.34. The average Bonchev–Trinajstić information content (AvgIpc) is 2.74. The monoisotopic (exact) mass is 249 g/mol. The van der Waals surface area contributed by atoms with Crippen LogP contribution in [-0.4, -0.2) is 44.8 Å². The molecular weight excluding hydrogens is 226 g/mol. The smallest absolute Gasteiger partial charge is 0.147 e. The van der Waals surface area contributed by atoms with Crippen molar-refractivity contribution in [2.24, 2.45) is 5.92 Å². The molecule has 1 aliphatic carbocycles. The number of hydrogen-bond acceptors (Lipinski definition) is 4. The molecule has 0 bridgehead atoms. The van der Waals surface area contributed by atoms with Crippen molar-refractivity contribution >= 4 is 0 Å². The maximum absolute atomic E-state index is 4.20. The Morgan fingerprint density at radius 3 is 3.00 bits per heavy atom. The highest BCUT2D eigenvalue weighted by Crippen LogP contribution is 2.33. The standard InChI is InChI=1S/C13H23N5/c1-10(2)14-7-11-3-4-12(11)17-5-6-18-9-15-16-13(18)8-17/h9-12,14H,3-8H2,1-2H3. The summed E-state index contributed by atoms with van der Waals surface area (Å²) >= 11 is 0. The van der Waals surface area contributed by atoms with Gasteiger partial charge in [-0.3, -0.25) is 4.90 Å². The minimum Gasteiger partial charge on any atom is -0.315 e. The van der Waals surface area contributed by atoms with Gasteiger partial charge < -0.3 is 9.88 Å². The summed E-state index contributed by atoms with van der Waals surface area (Å²) in [6.07, 6.45) is 4.57. The van der Waals surface area contributed by atoms with Gasteiger partial charge in [0.2, 0.25) is 0 Å². The Kier molecular flexibility index (Phi) is 3.35. The molecule has 100 valence electrons. The molecule has 0 amide bonds. The fourth-order valence-corrected chi connectivity index (χ4v) is 3.03. The average molecular weight is 249 g/mol. The fraction of sp³-hybridized carbons (Fsp3) is 0.846. The highest BCUT2D eigenvalue weighted by Gasteiger charge is 2.36. The normalized spacial score (nSPS) is 28.2. The van der Waals surface area contributed by atoms with Crippen molar-refractivity contribution in [3.8, 4) is 0 Å². The zero-order valence-electron chi connectivity index (χ0n) is 11.3. The van der Waals surface area contributed by atoms with E-state index in [1.165, 1.54) is 12.8 Å². The molecule has 0 spiro atoms. The third kappa shape index (κ3) is 2.29. The minimum atomic E-state index is 0.593. The van der Waals surface area contributed by atoms with Crippen molar-refractivity contribution in [1.82, 2.24) is 25.0 Å². The van der Waals surface area contributed by atoms with E-state index in [2.05, 4.69) is 38.8 Å². The highest BCUT2D eigenvalue weighted by molar-refractivity contribution is 4.96. The van der Waals surface area contributed by atoms with Gasteiger partial charge in [0.15, 0.2) is 0 Å². The van der Waals surface area contributed by atoms with Gasteiger partial charge in [0.25, 0.3) is 0 Å². The zero-order valence-corrected chi connectivity index (χ0v) is 11.3. The van der Waals surface area contributed by atoms with Crippen LogP contribution in [0.3, 0.4) is 0 Å². The number of nitrogens with zero attached hydrogens (tertiary/aromatic N) is 4. The molecule has 1 aromatic rings. The summed E-state index contributed by atoms with van der Waals surface area (Å²) in [4.78, 5) is 2.60. The maximum atomic E-state index is 4.20. The van der Waals surface area contributed by atoms with Crippen LogP contribution < -0.4 is 5.32 Å². The minimum absolute atomic E-state index is 0.593. The van der Waals surface area contributed by atoms with Crippen LogP contribution >= 0.6 is 0 Å². The Balaban J connectivity index is 1.56. The van der Waals surface area contributed by atoms with Gasteiger partial charge in [-0.25, -0.2) is 0 Å². The number of nitrogens with one attached hydrogen (secondary N) is 1. The summed E-state index contributed by atoms with van der Waals surface area (Å²) in [5.74, 6) is 1.95. The lowest BCUT2D eigenvalue weighted by Crippen LogP contribution is -2.53. The molecule has 5 nitrogen and oxygen atoms in total. The lowest BCUT2D eigenvalue weighted by molar-refractivity contribution is 0.0388. The maximum Gasteiger partial charge on any atom is 0.147 e. The summed E-state index contributed by atoms with van der Waals surface area (Å²) in [5, 5.41) is 11.8. The largest absolute Gasteiger partial charge is 0.315 e. The molecule has 3 rings (SSSR count). The summed E-state index contributed by atoms with van der Waals surface area (Å²) in [5.41, 5.74) is 0. The molecule has 1 aliphatic heterocycles. The Bertz CT molecular complexity index is 400. The van der Waals surface area contributed by atoms with Crippen molar-refractivity contribution in [3.63, 3.8) is 0 Å². The quantitative estimate of drug-likeness (QED) is 0.860. The van der Waals surface area contributed by atoms with Crippen molar-refractivity contribution in [1.29, 1.82) is 0 Å². The molecule has 5 heteroatoms. The number of fused-ring (bicyclic) bond motifs is 1. The molecule has 2 atom stereocenters. The van der Waals surface area contributed by atoms with Crippen molar-refractivity contribution in [2.45, 2.75) is 51.9 Å². The molecule has 0 aromatic carbocycles. The zero-order chi connectivity index (χ0) is 12.5. The van der Waals surface area contributed by atoms with Crippen molar-refractivity contribution in [3.05, 3.63) is 12.2 Å². The molecule has 1 aromatic heterocycles. The highest BCUT2D eigenvalue weighted by atomic mass is 15.3. The summed E-state index contributed by atoms with van der Waals surface area (Å²) < 4.78 is 2.18. The SMILES string of the molecule is CC(C)NCC1CCC1N1CCn2cnnc2C1. The van der Waals surface area contributed by atoms with Crippen LogP contribution in [0.25, 0.3) is 0 Å². The van der Waals surface area contributed by atoms with E-state index in [9.17, 15) is 0 Å². The van der Waals surface area contributed by atoms with Gasteiger partial charge in [-0.2, -0.15) is 0 Å². The van der Waals surface area contributed by atoms with Crippen LogP contribution in [-0.2, 0) is 13.1 Å². The van der Waals surface area contributed by atoms with E-state index < -0.39 is 0 Å². The molecular formula is C13H23N5. The van der Waals surface area contributed by atoms with Crippen LogP contribution in [0.4, 0.5) is 0 Å². The lowest BCUT2D eigenvalue weighted by atomic mass is 9.78. The Labute approximate surface area is 109 Å². The summed E-state index contributed by atoms with van der Waals surface area (Å²) in [6.45, 7) is 8.76. The van der Waals surface area contributed by atoms with Crippen LogP contribution in [0, 0.1) is 5.92 Å². The van der Waals surface area contributed by atoms with E-state index >= 15 is 0 Å². The first-order valence-electron chi connectivity index (χ1n) is 7.08. The van der Waals surface area contributed by atoms with Gasteiger partial charge >= 0.3 is 0 Å². The van der Waals surface area contributed by atoms with E-state index in [4.69, 9.17) is 0 Å². The predicted octanol–water partition coefficient (Wildman–Crippen LogP) is 0.870. The first-order chi connectivity index (χ1) is 8.74. The third-order valence-electron chi connectivity index (χ3n) is 4.30. The number of aromatic nitrogens is 3. The van der Waals surface area contributed by atoms with Crippen LogP contribution in [0.15, 0.2) is 6.33 Å². The fourth-order valence-electron chi connectivity index (χ4n) is 3.03. The van der Waals surface area contributed by atoms with E-state index in [0.29, 0.717) is 6.04 Å². The third-order valence-corrected chi connectivity index (χ3v) is 4.30. The van der Waals surface area contributed by atoms with Gasteiger partial charge in [-0.1, -0.05) is 13.8 Å². The second-order valence-corrected chi connectivity index (χ2v) is 5.88. The molecule has 1 N–H and O–H groups in total. The first kappa shape index (κ1) is 12.1. The molecule has 1 saturated carbocycles. The Hall–Kier alpha value is -0.940. The molecule has 2 heterocycles.